The number of hydrogen-bond acceptors (Lipinski definition) is 2. The van der Waals surface area contributed by atoms with Gasteiger partial charge in [-0.2, -0.15) is 0 Å². The maximum atomic E-state index is 6.95. The first kappa shape index (κ1) is 25.7. The van der Waals surface area contributed by atoms with Crippen molar-refractivity contribution in [2.45, 2.75) is 63.3 Å². The molecule has 46 heavy (non-hydrogen) atoms. The minimum atomic E-state index is 0.0463. The molecule has 2 fully saturated rings. The fraction of sp³-hybridized carbons (Fsp3) is 0.286. The Morgan fingerprint density at radius 1 is 0.717 bits per heavy atom. The second-order valence-corrected chi connectivity index (χ2v) is 15.1. The van der Waals surface area contributed by atoms with Gasteiger partial charge in [0, 0.05) is 39.3 Å². The molecule has 5 aliphatic rings. The molecule has 6 aromatic rings. The predicted molar refractivity (Wildman–Crippen MR) is 191 cm³/mol. The van der Waals surface area contributed by atoms with Gasteiger partial charge in [0.25, 0.3) is 6.71 Å². The van der Waals surface area contributed by atoms with Crippen molar-refractivity contribution in [3.05, 3.63) is 109 Å². The van der Waals surface area contributed by atoms with E-state index in [2.05, 4.69) is 126 Å². The van der Waals surface area contributed by atoms with Crippen LogP contribution in [0.3, 0.4) is 0 Å². The van der Waals surface area contributed by atoms with Crippen molar-refractivity contribution < 1.29 is 4.74 Å². The molecule has 2 aliphatic carbocycles. The van der Waals surface area contributed by atoms with Gasteiger partial charge in [0.05, 0.1) is 16.6 Å². The highest BCUT2D eigenvalue weighted by Crippen LogP contribution is 2.66. The summed E-state index contributed by atoms with van der Waals surface area (Å²) in [5.41, 5.74) is 12.3. The fourth-order valence-corrected chi connectivity index (χ4v) is 11.3. The zero-order valence-corrected chi connectivity index (χ0v) is 26.6. The molecule has 5 aromatic carbocycles. The summed E-state index contributed by atoms with van der Waals surface area (Å²) in [4.78, 5) is 2.80. The van der Waals surface area contributed by atoms with Gasteiger partial charge in [0.15, 0.2) is 0 Å². The first-order valence-electron chi connectivity index (χ1n) is 17.4. The van der Waals surface area contributed by atoms with Crippen molar-refractivity contribution >= 4 is 56.3 Å². The van der Waals surface area contributed by atoms with Crippen LogP contribution in [0.25, 0.3) is 27.5 Å². The SMILES string of the molecule is CC12CCC3CCCCC3[C@@]1(C)c1cccc3c1N2c1cccc2c1B3c1ccc(-n3c4ccccc4c4ccccc43)cc1O2. The molecule has 11 rings (SSSR count). The van der Waals surface area contributed by atoms with Crippen LogP contribution in [0.2, 0.25) is 0 Å². The van der Waals surface area contributed by atoms with Crippen LogP contribution in [0.15, 0.2) is 103 Å². The van der Waals surface area contributed by atoms with E-state index in [4.69, 9.17) is 4.74 Å². The van der Waals surface area contributed by atoms with Gasteiger partial charge < -0.3 is 14.2 Å². The van der Waals surface area contributed by atoms with Crippen molar-refractivity contribution in [2.24, 2.45) is 11.8 Å². The van der Waals surface area contributed by atoms with Crippen LogP contribution in [0.5, 0.6) is 11.5 Å². The van der Waals surface area contributed by atoms with E-state index in [-0.39, 0.29) is 17.7 Å². The lowest BCUT2D eigenvalue weighted by Gasteiger charge is -2.58. The summed E-state index contributed by atoms with van der Waals surface area (Å²) in [6, 6.07) is 38.6. The van der Waals surface area contributed by atoms with Gasteiger partial charge in [-0.3, -0.25) is 0 Å². The zero-order valence-electron chi connectivity index (χ0n) is 26.6. The summed E-state index contributed by atoms with van der Waals surface area (Å²) in [5, 5.41) is 2.56. The van der Waals surface area contributed by atoms with Gasteiger partial charge in [0.2, 0.25) is 0 Å². The van der Waals surface area contributed by atoms with Crippen molar-refractivity contribution in [2.75, 3.05) is 4.90 Å². The molecular weight excluding hydrogens is 559 g/mol. The number of aromatic nitrogens is 1. The van der Waals surface area contributed by atoms with Crippen LogP contribution in [0.4, 0.5) is 11.4 Å². The number of anilines is 2. The largest absolute Gasteiger partial charge is 0.458 e. The van der Waals surface area contributed by atoms with Gasteiger partial charge in [-0.1, -0.05) is 92.9 Å². The molecular formula is C42H37BN2O. The Morgan fingerprint density at radius 2 is 1.48 bits per heavy atom. The Balaban J connectivity index is 1.14. The minimum absolute atomic E-state index is 0.0463. The summed E-state index contributed by atoms with van der Waals surface area (Å²) in [6.07, 6.45) is 8.14. The first-order chi connectivity index (χ1) is 22.6. The van der Waals surface area contributed by atoms with E-state index in [9.17, 15) is 0 Å². The summed E-state index contributed by atoms with van der Waals surface area (Å²) >= 11 is 0. The van der Waals surface area contributed by atoms with Crippen LogP contribution in [-0.4, -0.2) is 16.8 Å². The van der Waals surface area contributed by atoms with Gasteiger partial charge in [-0.25, -0.2) is 0 Å². The molecule has 2 saturated carbocycles. The molecule has 0 bridgehead atoms. The lowest BCUT2D eigenvalue weighted by atomic mass is 9.34. The van der Waals surface area contributed by atoms with E-state index in [1.54, 1.807) is 5.56 Å². The second kappa shape index (κ2) is 8.67. The monoisotopic (exact) mass is 596 g/mol. The molecule has 3 nitrogen and oxygen atoms in total. The standard InChI is InChI=1S/C42H37BN2O/c1-41-24-23-26-11-3-6-14-30(26)42(41,2)31-15-9-16-33-40(31)45(41)36-19-10-20-37-39(36)43(33)32-22-21-27(25-38(32)46-37)44-34-17-7-4-12-28(34)29-13-5-8-18-35(29)44/h4-5,7-10,12-13,15-22,25-26,30H,3,6,11,14,23-24H2,1-2H3/t26?,30?,41?,42-/m0/s1. The molecule has 224 valence electrons. The molecule has 0 N–H and O–H groups in total. The summed E-state index contributed by atoms with van der Waals surface area (Å²) < 4.78 is 9.35. The average Bonchev–Trinajstić information content (AvgIpc) is 3.54. The average molecular weight is 597 g/mol. The number of fused-ring (bicyclic) bond motifs is 12. The van der Waals surface area contributed by atoms with Crippen LogP contribution < -0.4 is 26.0 Å². The van der Waals surface area contributed by atoms with E-state index >= 15 is 0 Å². The number of rotatable bonds is 1. The van der Waals surface area contributed by atoms with Crippen LogP contribution in [0.1, 0.15) is 57.9 Å². The molecule has 0 saturated heterocycles. The molecule has 0 radical (unpaired) electrons. The van der Waals surface area contributed by atoms with Crippen molar-refractivity contribution in [1.29, 1.82) is 0 Å². The molecule has 1 aromatic heterocycles. The summed E-state index contributed by atoms with van der Waals surface area (Å²) in [6.45, 7) is 5.39. The van der Waals surface area contributed by atoms with Gasteiger partial charge in [0.1, 0.15) is 11.5 Å². The Bertz CT molecular complexity index is 2230. The molecule has 4 atom stereocenters. The topological polar surface area (TPSA) is 17.4 Å². The number of benzene rings is 5. The van der Waals surface area contributed by atoms with Crippen molar-refractivity contribution in [3.8, 4) is 17.2 Å². The highest BCUT2D eigenvalue weighted by Gasteiger charge is 2.65. The number of para-hydroxylation sites is 3. The third-order valence-corrected chi connectivity index (χ3v) is 13.4. The third-order valence-electron chi connectivity index (χ3n) is 13.4. The van der Waals surface area contributed by atoms with Crippen molar-refractivity contribution in [3.63, 3.8) is 0 Å². The summed E-state index contributed by atoms with van der Waals surface area (Å²) in [5.74, 6) is 3.57. The Labute approximate surface area is 270 Å². The lowest BCUT2D eigenvalue weighted by molar-refractivity contribution is 0.0321. The zero-order chi connectivity index (χ0) is 30.4. The van der Waals surface area contributed by atoms with Crippen molar-refractivity contribution in [1.82, 2.24) is 4.57 Å². The quantitative estimate of drug-likeness (QED) is 0.177. The molecule has 0 amide bonds. The Kier molecular flexibility index (Phi) is 4.85. The van der Waals surface area contributed by atoms with Gasteiger partial charge >= 0.3 is 0 Å². The normalized spacial score (nSPS) is 26.7. The Hall–Kier alpha value is -4.44. The highest BCUT2D eigenvalue weighted by atomic mass is 16.5. The molecule has 4 heterocycles. The highest BCUT2D eigenvalue weighted by molar-refractivity contribution is 6.99. The predicted octanol–water partition coefficient (Wildman–Crippen LogP) is 8.49. The molecule has 4 heteroatoms. The molecule has 3 aliphatic heterocycles. The van der Waals surface area contributed by atoms with Crippen LogP contribution in [0, 0.1) is 11.8 Å². The fourth-order valence-electron chi connectivity index (χ4n) is 11.3. The Morgan fingerprint density at radius 3 is 2.30 bits per heavy atom. The molecule has 3 unspecified atom stereocenters. The van der Waals surface area contributed by atoms with E-state index < -0.39 is 0 Å². The van der Waals surface area contributed by atoms with E-state index in [0.717, 1.165) is 29.0 Å². The lowest BCUT2D eigenvalue weighted by Crippen LogP contribution is -2.65. The maximum Gasteiger partial charge on any atom is 0.256 e. The van der Waals surface area contributed by atoms with E-state index in [1.165, 1.54) is 88.1 Å². The van der Waals surface area contributed by atoms with E-state index in [0.29, 0.717) is 0 Å². The number of nitrogens with zero attached hydrogens (tertiary/aromatic N) is 2. The minimum Gasteiger partial charge on any atom is -0.458 e. The van der Waals surface area contributed by atoms with Gasteiger partial charge in [-0.15, -0.1) is 0 Å². The van der Waals surface area contributed by atoms with Gasteiger partial charge in [-0.05, 0) is 90.3 Å². The molecule has 0 spiro atoms. The maximum absolute atomic E-state index is 6.95. The van der Waals surface area contributed by atoms with Crippen LogP contribution >= 0.6 is 0 Å². The number of ether oxygens (including phenoxy) is 1. The number of hydrogen-bond donors (Lipinski definition) is 0. The van der Waals surface area contributed by atoms with E-state index in [1.807, 2.05) is 0 Å². The third kappa shape index (κ3) is 2.90. The first-order valence-corrected chi connectivity index (χ1v) is 17.4. The summed E-state index contributed by atoms with van der Waals surface area (Å²) in [7, 11) is 0. The van der Waals surface area contributed by atoms with Crippen LogP contribution in [-0.2, 0) is 5.41 Å². The second-order valence-electron chi connectivity index (χ2n) is 15.1. The smallest absolute Gasteiger partial charge is 0.256 e.